The van der Waals surface area contributed by atoms with Gasteiger partial charge in [0, 0.05) is 0 Å². The van der Waals surface area contributed by atoms with Gasteiger partial charge >= 0.3 is 0 Å². The summed E-state index contributed by atoms with van der Waals surface area (Å²) >= 11 is 0. The minimum Gasteiger partial charge on any atom is -0.0853 e. The third kappa shape index (κ3) is 5.39. The van der Waals surface area contributed by atoms with Crippen molar-refractivity contribution in [3.63, 3.8) is 0 Å². The fraction of sp³-hybridized carbons (Fsp3) is 0.867. The molecule has 1 fully saturated rings. The zero-order chi connectivity index (χ0) is 11.7. The van der Waals surface area contributed by atoms with Gasteiger partial charge in [0.1, 0.15) is 0 Å². The molecule has 0 aromatic rings. The van der Waals surface area contributed by atoms with Crippen LogP contribution in [-0.4, -0.2) is 0 Å². The maximum absolute atomic E-state index is 2.45. The summed E-state index contributed by atoms with van der Waals surface area (Å²) in [5, 5.41) is 0. The van der Waals surface area contributed by atoms with Crippen molar-refractivity contribution >= 4 is 0 Å². The molecule has 0 spiro atoms. The molecule has 1 aliphatic rings. The van der Waals surface area contributed by atoms with E-state index in [0.717, 1.165) is 0 Å². The van der Waals surface area contributed by atoms with E-state index in [9.17, 15) is 0 Å². The maximum Gasteiger partial charge on any atom is -0.0263 e. The fourth-order valence-electron chi connectivity index (χ4n) is 2.63. The highest BCUT2D eigenvalue weighted by atomic mass is 14.4. The van der Waals surface area contributed by atoms with Crippen LogP contribution < -0.4 is 0 Å². The van der Waals surface area contributed by atoms with Crippen LogP contribution in [0.3, 0.4) is 0 Å². The molecule has 0 atom stereocenters. The van der Waals surface area contributed by atoms with E-state index in [2.05, 4.69) is 26.8 Å². The second-order valence-corrected chi connectivity index (χ2v) is 4.94. The molecular weight excluding hydrogens is 180 g/mol. The molecule has 1 saturated carbocycles. The predicted octanol–water partition coefficient (Wildman–Crippen LogP) is 5.73. The first-order chi connectivity index (χ1) is 7.18. The normalized spacial score (nSPS) is 17.9. The van der Waals surface area contributed by atoms with Crippen LogP contribution in [0.5, 0.6) is 0 Å². The molecule has 0 amide bonds. The van der Waals surface area contributed by atoms with Crippen LogP contribution in [0.1, 0.15) is 79.6 Å². The number of hydrogen-bond acceptors (Lipinski definition) is 0. The summed E-state index contributed by atoms with van der Waals surface area (Å²) < 4.78 is 0. The van der Waals surface area contributed by atoms with Crippen LogP contribution >= 0.6 is 0 Å². The van der Waals surface area contributed by atoms with Crippen LogP contribution in [0.2, 0.25) is 0 Å². The van der Waals surface area contributed by atoms with E-state index in [-0.39, 0.29) is 0 Å². The van der Waals surface area contributed by atoms with E-state index in [1.807, 2.05) is 13.8 Å². The third-order valence-electron chi connectivity index (χ3n) is 3.39. The predicted molar refractivity (Wildman–Crippen MR) is 71.2 cm³/mol. The molecule has 1 aliphatic carbocycles. The third-order valence-corrected chi connectivity index (χ3v) is 3.39. The average Bonchev–Trinajstić information content (AvgIpc) is 2.68. The second kappa shape index (κ2) is 7.96. The van der Waals surface area contributed by atoms with E-state index >= 15 is 0 Å². The van der Waals surface area contributed by atoms with Crippen molar-refractivity contribution in [1.29, 1.82) is 0 Å². The van der Waals surface area contributed by atoms with Gasteiger partial charge in [-0.25, -0.2) is 0 Å². The monoisotopic (exact) mass is 210 g/mol. The van der Waals surface area contributed by atoms with Crippen molar-refractivity contribution in [2.75, 3.05) is 0 Å². The summed E-state index contributed by atoms with van der Waals surface area (Å²) in [6, 6.07) is 0. The molecule has 0 heteroatoms. The quantitative estimate of drug-likeness (QED) is 0.520. The molecular formula is C15H30. The van der Waals surface area contributed by atoms with Gasteiger partial charge in [-0.1, -0.05) is 51.7 Å². The van der Waals surface area contributed by atoms with Crippen molar-refractivity contribution in [2.24, 2.45) is 5.41 Å². The Morgan fingerprint density at radius 3 is 2.07 bits per heavy atom. The molecule has 0 aromatic carbocycles. The van der Waals surface area contributed by atoms with Crippen LogP contribution in [0.25, 0.3) is 0 Å². The summed E-state index contributed by atoms with van der Waals surface area (Å²) in [4.78, 5) is 0. The highest BCUT2D eigenvalue weighted by Gasteiger charge is 2.31. The van der Waals surface area contributed by atoms with Crippen molar-refractivity contribution < 1.29 is 0 Å². The van der Waals surface area contributed by atoms with Gasteiger partial charge in [0.25, 0.3) is 0 Å². The standard InChI is InChI=1S/C13H24.C2H6/c1-4-8-13(9-5-6-10-13)11-7-12(2)3;1-2/h7H,4-6,8-11H2,1-3H3;1-2H3. The van der Waals surface area contributed by atoms with Crippen LogP contribution in [0, 0.1) is 5.41 Å². The van der Waals surface area contributed by atoms with Gasteiger partial charge in [-0.15, -0.1) is 0 Å². The van der Waals surface area contributed by atoms with Crippen molar-refractivity contribution in [1.82, 2.24) is 0 Å². The fourth-order valence-corrected chi connectivity index (χ4v) is 2.63. The molecule has 0 heterocycles. The Hall–Kier alpha value is -0.260. The molecule has 15 heavy (non-hydrogen) atoms. The lowest BCUT2D eigenvalue weighted by atomic mass is 9.78. The Morgan fingerprint density at radius 2 is 1.67 bits per heavy atom. The summed E-state index contributed by atoms with van der Waals surface area (Å²) in [5.74, 6) is 0. The number of hydrogen-bond donors (Lipinski definition) is 0. The van der Waals surface area contributed by atoms with Crippen LogP contribution in [0.4, 0.5) is 0 Å². The molecule has 1 rings (SSSR count). The lowest BCUT2D eigenvalue weighted by molar-refractivity contribution is 0.271. The van der Waals surface area contributed by atoms with E-state index in [1.54, 1.807) is 0 Å². The molecule has 0 nitrogen and oxygen atoms in total. The van der Waals surface area contributed by atoms with Gasteiger partial charge < -0.3 is 0 Å². The van der Waals surface area contributed by atoms with Crippen molar-refractivity contribution in [3.8, 4) is 0 Å². The van der Waals surface area contributed by atoms with Crippen molar-refractivity contribution in [3.05, 3.63) is 11.6 Å². The van der Waals surface area contributed by atoms with Gasteiger partial charge in [-0.05, 0) is 44.9 Å². The van der Waals surface area contributed by atoms with Crippen LogP contribution in [0.15, 0.2) is 11.6 Å². The first-order valence-corrected chi connectivity index (χ1v) is 6.82. The summed E-state index contributed by atoms with van der Waals surface area (Å²) in [6.07, 6.45) is 12.5. The smallest absolute Gasteiger partial charge is 0.0263 e. The Bertz CT molecular complexity index is 166. The molecule has 90 valence electrons. The number of allylic oxidation sites excluding steroid dienone is 2. The Kier molecular flexibility index (Phi) is 7.82. The van der Waals surface area contributed by atoms with Gasteiger partial charge in [-0.2, -0.15) is 0 Å². The van der Waals surface area contributed by atoms with Crippen molar-refractivity contribution in [2.45, 2.75) is 79.6 Å². The largest absolute Gasteiger partial charge is 0.0853 e. The maximum atomic E-state index is 2.45. The van der Waals surface area contributed by atoms with Crippen LogP contribution in [-0.2, 0) is 0 Å². The Morgan fingerprint density at radius 1 is 1.13 bits per heavy atom. The van der Waals surface area contributed by atoms with E-state index in [4.69, 9.17) is 0 Å². The van der Waals surface area contributed by atoms with Gasteiger partial charge in [0.15, 0.2) is 0 Å². The Balaban J connectivity index is 0.000000921. The molecule has 0 aromatic heterocycles. The molecule has 0 unspecified atom stereocenters. The van der Waals surface area contributed by atoms with Gasteiger partial charge in [0.05, 0.1) is 0 Å². The van der Waals surface area contributed by atoms with Gasteiger partial charge in [-0.3, -0.25) is 0 Å². The minimum atomic E-state index is 0.700. The molecule has 0 aliphatic heterocycles. The van der Waals surface area contributed by atoms with E-state index in [1.165, 1.54) is 50.5 Å². The molecule has 0 N–H and O–H groups in total. The SMILES string of the molecule is CC.CCCC1(CC=C(C)C)CCCC1. The lowest BCUT2D eigenvalue weighted by Crippen LogP contribution is -2.14. The number of rotatable bonds is 4. The van der Waals surface area contributed by atoms with E-state index in [0.29, 0.717) is 5.41 Å². The molecule has 0 saturated heterocycles. The zero-order valence-electron chi connectivity index (χ0n) is 11.5. The lowest BCUT2D eigenvalue weighted by Gasteiger charge is -2.27. The average molecular weight is 210 g/mol. The first kappa shape index (κ1) is 14.7. The highest BCUT2D eigenvalue weighted by Crippen LogP contribution is 2.45. The van der Waals surface area contributed by atoms with Gasteiger partial charge in [0.2, 0.25) is 0 Å². The molecule has 0 radical (unpaired) electrons. The molecule has 0 bridgehead atoms. The summed E-state index contributed by atoms with van der Waals surface area (Å²) in [6.45, 7) is 10.8. The van der Waals surface area contributed by atoms with E-state index < -0.39 is 0 Å². The second-order valence-electron chi connectivity index (χ2n) is 4.94. The topological polar surface area (TPSA) is 0 Å². The minimum absolute atomic E-state index is 0.700. The summed E-state index contributed by atoms with van der Waals surface area (Å²) in [7, 11) is 0. The highest BCUT2D eigenvalue weighted by molar-refractivity contribution is 4.99. The zero-order valence-corrected chi connectivity index (χ0v) is 11.5. The summed E-state index contributed by atoms with van der Waals surface area (Å²) in [5.41, 5.74) is 2.19. The Labute approximate surface area is 97.2 Å². The first-order valence-electron chi connectivity index (χ1n) is 6.82.